The molecule has 0 bridgehead atoms. The first kappa shape index (κ1) is 24.6. The Morgan fingerprint density at radius 3 is 2.42 bits per heavy atom. The number of nitrogens with zero attached hydrogens (tertiary/aromatic N) is 2. The minimum atomic E-state index is -4.90. The van der Waals surface area contributed by atoms with Crippen LogP contribution in [0.3, 0.4) is 0 Å². The molecule has 0 aliphatic carbocycles. The van der Waals surface area contributed by atoms with E-state index in [1.54, 1.807) is 6.92 Å². The van der Waals surface area contributed by atoms with Crippen LogP contribution in [0, 0.1) is 5.92 Å². The van der Waals surface area contributed by atoms with Crippen LogP contribution < -0.4 is 15.2 Å². The molecule has 0 saturated carbocycles. The number of ether oxygens (including phenoxy) is 2. The number of benzene rings is 1. The van der Waals surface area contributed by atoms with Gasteiger partial charge in [-0.25, -0.2) is 8.78 Å². The highest BCUT2D eigenvalue weighted by Crippen LogP contribution is 2.37. The number of aromatic nitrogens is 2. The van der Waals surface area contributed by atoms with Crippen molar-refractivity contribution in [3.63, 3.8) is 0 Å². The number of rotatable bonds is 8. The number of pyridine rings is 2. The highest BCUT2D eigenvalue weighted by Gasteiger charge is 2.32. The zero-order valence-corrected chi connectivity index (χ0v) is 18.3. The molecule has 33 heavy (non-hydrogen) atoms. The first-order valence-electron chi connectivity index (χ1n) is 10.2. The molecule has 2 aromatic heterocycles. The zero-order valence-electron chi connectivity index (χ0n) is 18.3. The standard InChI is InChI=1S/C23H24F5N3O2/c1-13(2)10-22(3,29)12-32-19-11-31-17(9-16(19)21(24)25)14-7-8-30-20-15(14)5-4-6-18(20)33-23(26,27)28/h4-9,11,13,21H,10,12,29H2,1-3H3/t22-/m0/s1. The minimum Gasteiger partial charge on any atom is -0.490 e. The Morgan fingerprint density at radius 2 is 1.79 bits per heavy atom. The summed E-state index contributed by atoms with van der Waals surface area (Å²) in [4.78, 5) is 8.19. The highest BCUT2D eigenvalue weighted by atomic mass is 19.4. The lowest BCUT2D eigenvalue weighted by Gasteiger charge is -2.27. The van der Waals surface area contributed by atoms with Crippen molar-refractivity contribution in [1.29, 1.82) is 0 Å². The van der Waals surface area contributed by atoms with Gasteiger partial charge in [-0.05, 0) is 37.5 Å². The molecule has 0 radical (unpaired) electrons. The molecular formula is C23H24F5N3O2. The summed E-state index contributed by atoms with van der Waals surface area (Å²) in [6.07, 6.45) is -4.70. The van der Waals surface area contributed by atoms with Gasteiger partial charge in [0, 0.05) is 22.7 Å². The molecule has 2 heterocycles. The van der Waals surface area contributed by atoms with Gasteiger partial charge < -0.3 is 15.2 Å². The van der Waals surface area contributed by atoms with Crippen molar-refractivity contribution in [3.8, 4) is 22.8 Å². The summed E-state index contributed by atoms with van der Waals surface area (Å²) in [6.45, 7) is 5.79. The van der Waals surface area contributed by atoms with E-state index in [1.807, 2.05) is 13.8 Å². The predicted molar refractivity (Wildman–Crippen MR) is 114 cm³/mol. The fraction of sp³-hybridized carbons (Fsp3) is 0.391. The van der Waals surface area contributed by atoms with Crippen LogP contribution in [-0.4, -0.2) is 28.5 Å². The lowest BCUT2D eigenvalue weighted by molar-refractivity contribution is -0.274. The number of para-hydroxylation sites is 1. The molecule has 0 aliphatic heterocycles. The molecule has 0 aliphatic rings. The lowest BCUT2D eigenvalue weighted by atomic mass is 9.93. The van der Waals surface area contributed by atoms with Crippen molar-refractivity contribution in [2.75, 3.05) is 6.61 Å². The molecule has 0 unspecified atom stereocenters. The second-order valence-electron chi connectivity index (χ2n) is 8.51. The summed E-state index contributed by atoms with van der Waals surface area (Å²) < 4.78 is 75.5. The van der Waals surface area contributed by atoms with Gasteiger partial charge in [-0.15, -0.1) is 13.2 Å². The van der Waals surface area contributed by atoms with E-state index in [0.717, 1.165) is 12.1 Å². The molecule has 1 atom stereocenters. The quantitative estimate of drug-likeness (QED) is 0.394. The highest BCUT2D eigenvalue weighted by molar-refractivity contribution is 5.96. The molecule has 1 aromatic carbocycles. The lowest BCUT2D eigenvalue weighted by Crippen LogP contribution is -2.43. The van der Waals surface area contributed by atoms with Crippen LogP contribution in [0.4, 0.5) is 22.0 Å². The van der Waals surface area contributed by atoms with E-state index in [2.05, 4.69) is 14.7 Å². The number of hydrogen-bond donors (Lipinski definition) is 1. The van der Waals surface area contributed by atoms with Crippen molar-refractivity contribution < 1.29 is 31.4 Å². The summed E-state index contributed by atoms with van der Waals surface area (Å²) in [5.74, 6) is -0.304. The van der Waals surface area contributed by atoms with E-state index in [9.17, 15) is 22.0 Å². The third-order valence-corrected chi connectivity index (χ3v) is 4.80. The average molecular weight is 469 g/mol. The van der Waals surface area contributed by atoms with Crippen LogP contribution in [0.5, 0.6) is 11.5 Å². The predicted octanol–water partition coefficient (Wildman–Crippen LogP) is 6.28. The van der Waals surface area contributed by atoms with Crippen LogP contribution in [-0.2, 0) is 0 Å². The SMILES string of the molecule is CC(C)C[C@](C)(N)COc1cnc(-c2ccnc3c(OC(F)(F)F)cccc23)cc1C(F)F. The van der Waals surface area contributed by atoms with Gasteiger partial charge in [-0.3, -0.25) is 9.97 Å². The number of nitrogens with two attached hydrogens (primary N) is 1. The van der Waals surface area contributed by atoms with E-state index >= 15 is 0 Å². The molecule has 5 nitrogen and oxygen atoms in total. The Hall–Kier alpha value is -3.01. The van der Waals surface area contributed by atoms with Gasteiger partial charge in [0.1, 0.15) is 17.9 Å². The van der Waals surface area contributed by atoms with Crippen LogP contribution in [0.25, 0.3) is 22.2 Å². The van der Waals surface area contributed by atoms with Crippen molar-refractivity contribution in [3.05, 3.63) is 48.3 Å². The van der Waals surface area contributed by atoms with E-state index in [0.29, 0.717) is 17.9 Å². The molecule has 0 spiro atoms. The Kier molecular flexibility index (Phi) is 7.06. The molecule has 0 fully saturated rings. The summed E-state index contributed by atoms with van der Waals surface area (Å²) in [6, 6.07) is 6.64. The summed E-state index contributed by atoms with van der Waals surface area (Å²) >= 11 is 0. The number of fused-ring (bicyclic) bond motifs is 1. The van der Waals surface area contributed by atoms with E-state index in [1.165, 1.54) is 30.6 Å². The molecule has 2 N–H and O–H groups in total. The van der Waals surface area contributed by atoms with Crippen molar-refractivity contribution in [2.45, 2.75) is 45.5 Å². The smallest absolute Gasteiger partial charge is 0.490 e. The molecule has 0 saturated heterocycles. The Bertz CT molecular complexity index is 1120. The third kappa shape index (κ3) is 6.28. The van der Waals surface area contributed by atoms with Gasteiger partial charge in [0.2, 0.25) is 0 Å². The second kappa shape index (κ2) is 9.46. The Balaban J connectivity index is 1.99. The fourth-order valence-corrected chi connectivity index (χ4v) is 3.71. The van der Waals surface area contributed by atoms with Crippen LogP contribution in [0.15, 0.2) is 42.7 Å². The van der Waals surface area contributed by atoms with Crippen molar-refractivity contribution in [1.82, 2.24) is 9.97 Å². The largest absolute Gasteiger partial charge is 0.573 e. The molecule has 10 heteroatoms. The first-order chi connectivity index (χ1) is 15.4. The summed E-state index contributed by atoms with van der Waals surface area (Å²) in [7, 11) is 0. The van der Waals surface area contributed by atoms with Crippen molar-refractivity contribution in [2.24, 2.45) is 11.7 Å². The molecule has 178 valence electrons. The maximum absolute atomic E-state index is 13.8. The van der Waals surface area contributed by atoms with Crippen LogP contribution >= 0.6 is 0 Å². The molecular weight excluding hydrogens is 445 g/mol. The maximum Gasteiger partial charge on any atom is 0.573 e. The van der Waals surface area contributed by atoms with Gasteiger partial charge in [-0.1, -0.05) is 26.0 Å². The van der Waals surface area contributed by atoms with E-state index in [-0.39, 0.29) is 29.0 Å². The minimum absolute atomic E-state index is 0.0161. The fourth-order valence-electron chi connectivity index (χ4n) is 3.71. The topological polar surface area (TPSA) is 70.3 Å². The average Bonchev–Trinajstić information content (AvgIpc) is 2.70. The van der Waals surface area contributed by atoms with Crippen LogP contribution in [0.2, 0.25) is 0 Å². The van der Waals surface area contributed by atoms with Gasteiger partial charge in [0.15, 0.2) is 5.75 Å². The Morgan fingerprint density at radius 1 is 1.06 bits per heavy atom. The maximum atomic E-state index is 13.8. The van der Waals surface area contributed by atoms with E-state index < -0.39 is 29.6 Å². The summed E-state index contributed by atoms with van der Waals surface area (Å²) in [5.41, 5.74) is 5.47. The third-order valence-electron chi connectivity index (χ3n) is 4.80. The van der Waals surface area contributed by atoms with E-state index in [4.69, 9.17) is 10.5 Å². The van der Waals surface area contributed by atoms with Crippen LogP contribution in [0.1, 0.15) is 39.2 Å². The monoisotopic (exact) mass is 469 g/mol. The first-order valence-corrected chi connectivity index (χ1v) is 10.2. The normalized spacial score (nSPS) is 14.0. The molecule has 3 rings (SSSR count). The van der Waals surface area contributed by atoms with Gasteiger partial charge in [0.05, 0.1) is 17.5 Å². The second-order valence-corrected chi connectivity index (χ2v) is 8.51. The van der Waals surface area contributed by atoms with Gasteiger partial charge in [0.25, 0.3) is 6.43 Å². The van der Waals surface area contributed by atoms with Gasteiger partial charge >= 0.3 is 6.36 Å². The van der Waals surface area contributed by atoms with Crippen molar-refractivity contribution >= 4 is 10.9 Å². The number of alkyl halides is 5. The number of halogens is 5. The zero-order chi connectivity index (χ0) is 24.4. The molecule has 0 amide bonds. The number of hydrogen-bond acceptors (Lipinski definition) is 5. The van der Waals surface area contributed by atoms with Gasteiger partial charge in [-0.2, -0.15) is 0 Å². The summed E-state index contributed by atoms with van der Waals surface area (Å²) in [5, 5.41) is 0.270. The Labute approximate surface area is 187 Å². The molecule has 3 aromatic rings.